The van der Waals surface area contributed by atoms with Crippen LogP contribution in [0.3, 0.4) is 0 Å². The van der Waals surface area contributed by atoms with Gasteiger partial charge in [-0.05, 0) is 43.0 Å². The van der Waals surface area contributed by atoms with Gasteiger partial charge in [0.05, 0.1) is 11.5 Å². The van der Waals surface area contributed by atoms with Crippen LogP contribution >= 0.6 is 0 Å². The van der Waals surface area contributed by atoms with Crippen LogP contribution in [0.4, 0.5) is 0 Å². The van der Waals surface area contributed by atoms with E-state index in [1.54, 1.807) is 18.2 Å². The van der Waals surface area contributed by atoms with Gasteiger partial charge < -0.3 is 4.74 Å². The molecule has 0 fully saturated rings. The minimum absolute atomic E-state index is 0.329. The lowest BCUT2D eigenvalue weighted by Crippen LogP contribution is -2.24. The van der Waals surface area contributed by atoms with Gasteiger partial charge in [0.2, 0.25) is 10.0 Å². The van der Waals surface area contributed by atoms with Crippen LogP contribution in [0.2, 0.25) is 0 Å². The van der Waals surface area contributed by atoms with Crippen molar-refractivity contribution in [3.63, 3.8) is 0 Å². The molecule has 5 heteroatoms. The van der Waals surface area contributed by atoms with E-state index < -0.39 is 10.0 Å². The Morgan fingerprint density at radius 3 is 3.00 bits per heavy atom. The smallest absolute Gasteiger partial charge is 0.240 e. The van der Waals surface area contributed by atoms with Crippen LogP contribution < -0.4 is 9.46 Å². The van der Waals surface area contributed by atoms with Crippen molar-refractivity contribution in [2.45, 2.75) is 31.1 Å². The molecule has 0 atom stereocenters. The maximum Gasteiger partial charge on any atom is 0.240 e. The first-order chi connectivity index (χ1) is 8.13. The molecule has 1 N–H and O–H groups in total. The van der Waals surface area contributed by atoms with Crippen LogP contribution in [0, 0.1) is 0 Å². The number of aryl methyl sites for hydroxylation is 1. The fourth-order valence-corrected chi connectivity index (χ4v) is 3.01. The highest BCUT2D eigenvalue weighted by molar-refractivity contribution is 7.89. The Balaban J connectivity index is 2.27. The summed E-state index contributed by atoms with van der Waals surface area (Å²) in [6.45, 7) is 3.12. The molecule has 1 heterocycles. The summed E-state index contributed by atoms with van der Waals surface area (Å²) in [4.78, 5) is 0.329. The molecule has 0 saturated heterocycles. The first kappa shape index (κ1) is 12.4. The van der Waals surface area contributed by atoms with Gasteiger partial charge in [0.15, 0.2) is 0 Å². The molecule has 0 spiro atoms. The summed E-state index contributed by atoms with van der Waals surface area (Å²) in [5.41, 5.74) is 0.982. The van der Waals surface area contributed by atoms with E-state index in [1.165, 1.54) is 0 Å². The van der Waals surface area contributed by atoms with Crippen LogP contribution in [0.5, 0.6) is 5.75 Å². The summed E-state index contributed by atoms with van der Waals surface area (Å²) in [5.74, 6) is 0.811. The molecular weight excluding hydrogens is 238 g/mol. The van der Waals surface area contributed by atoms with Crippen molar-refractivity contribution in [2.24, 2.45) is 0 Å². The molecule has 0 bridgehead atoms. The summed E-state index contributed by atoms with van der Waals surface area (Å²) in [5, 5.41) is 0. The molecule has 1 aliphatic rings. The minimum atomic E-state index is -3.36. The fraction of sp³-hybridized carbons (Fsp3) is 0.500. The Labute approximate surface area is 102 Å². The van der Waals surface area contributed by atoms with E-state index in [2.05, 4.69) is 4.72 Å². The monoisotopic (exact) mass is 255 g/mol. The quantitative estimate of drug-likeness (QED) is 0.891. The van der Waals surface area contributed by atoms with E-state index in [-0.39, 0.29) is 0 Å². The molecule has 1 aromatic rings. The predicted molar refractivity (Wildman–Crippen MR) is 65.7 cm³/mol. The third-order valence-electron chi connectivity index (χ3n) is 2.73. The van der Waals surface area contributed by atoms with Gasteiger partial charge >= 0.3 is 0 Å². The molecule has 4 nitrogen and oxygen atoms in total. The summed E-state index contributed by atoms with van der Waals surface area (Å²) in [6, 6.07) is 5.06. The molecule has 0 radical (unpaired) electrons. The number of ether oxygens (including phenoxy) is 1. The molecule has 1 aromatic carbocycles. The Morgan fingerprint density at radius 2 is 2.24 bits per heavy atom. The highest BCUT2D eigenvalue weighted by Crippen LogP contribution is 2.27. The maximum atomic E-state index is 11.9. The largest absolute Gasteiger partial charge is 0.493 e. The zero-order valence-electron chi connectivity index (χ0n) is 9.90. The Hall–Kier alpha value is -1.07. The van der Waals surface area contributed by atoms with Gasteiger partial charge in [0.25, 0.3) is 0 Å². The van der Waals surface area contributed by atoms with Crippen LogP contribution in [-0.4, -0.2) is 21.6 Å². The van der Waals surface area contributed by atoms with Gasteiger partial charge in [-0.2, -0.15) is 0 Å². The van der Waals surface area contributed by atoms with E-state index in [4.69, 9.17) is 4.74 Å². The van der Waals surface area contributed by atoms with Crippen molar-refractivity contribution in [3.8, 4) is 5.75 Å². The summed E-state index contributed by atoms with van der Waals surface area (Å²) < 4.78 is 31.9. The average Bonchev–Trinajstić information content (AvgIpc) is 2.36. The third-order valence-corrected chi connectivity index (χ3v) is 4.19. The standard InChI is InChI=1S/C12H17NO3S/c1-2-7-13-17(14,15)11-5-6-12-10(9-11)4-3-8-16-12/h5-6,9,13H,2-4,7-8H2,1H3. The number of hydrogen-bond donors (Lipinski definition) is 1. The van der Waals surface area contributed by atoms with Crippen molar-refractivity contribution < 1.29 is 13.2 Å². The van der Waals surface area contributed by atoms with Crippen molar-refractivity contribution in [3.05, 3.63) is 23.8 Å². The highest BCUT2D eigenvalue weighted by atomic mass is 32.2. The van der Waals surface area contributed by atoms with E-state index in [0.717, 1.165) is 30.6 Å². The lowest BCUT2D eigenvalue weighted by Gasteiger charge is -2.17. The van der Waals surface area contributed by atoms with Crippen LogP contribution in [-0.2, 0) is 16.4 Å². The van der Waals surface area contributed by atoms with Crippen LogP contribution in [0.1, 0.15) is 25.3 Å². The van der Waals surface area contributed by atoms with Crippen molar-refractivity contribution >= 4 is 10.0 Å². The average molecular weight is 255 g/mol. The zero-order chi connectivity index (χ0) is 12.3. The lowest BCUT2D eigenvalue weighted by atomic mass is 10.1. The second-order valence-corrected chi connectivity index (χ2v) is 5.89. The van der Waals surface area contributed by atoms with E-state index in [1.807, 2.05) is 6.92 Å². The van der Waals surface area contributed by atoms with Gasteiger partial charge in [-0.15, -0.1) is 0 Å². The summed E-state index contributed by atoms with van der Waals surface area (Å²) >= 11 is 0. The molecule has 0 amide bonds. The third kappa shape index (κ3) is 2.79. The Kier molecular flexibility index (Phi) is 3.69. The number of fused-ring (bicyclic) bond motifs is 1. The number of rotatable bonds is 4. The van der Waals surface area contributed by atoms with Crippen molar-refractivity contribution in [1.82, 2.24) is 4.72 Å². The number of hydrogen-bond acceptors (Lipinski definition) is 3. The Morgan fingerprint density at radius 1 is 1.41 bits per heavy atom. The second-order valence-electron chi connectivity index (χ2n) is 4.12. The van der Waals surface area contributed by atoms with Gasteiger partial charge in [-0.3, -0.25) is 0 Å². The van der Waals surface area contributed by atoms with Crippen LogP contribution in [0.15, 0.2) is 23.1 Å². The Bertz CT molecular complexity index is 496. The first-order valence-electron chi connectivity index (χ1n) is 5.89. The molecule has 94 valence electrons. The molecule has 0 unspecified atom stereocenters. The molecule has 17 heavy (non-hydrogen) atoms. The first-order valence-corrected chi connectivity index (χ1v) is 7.37. The van der Waals surface area contributed by atoms with Crippen molar-refractivity contribution in [1.29, 1.82) is 0 Å². The maximum absolute atomic E-state index is 11.9. The molecule has 0 aliphatic carbocycles. The molecule has 2 rings (SSSR count). The number of nitrogens with one attached hydrogen (secondary N) is 1. The number of sulfonamides is 1. The lowest BCUT2D eigenvalue weighted by molar-refractivity contribution is 0.288. The van der Waals surface area contributed by atoms with E-state index >= 15 is 0 Å². The normalized spacial score (nSPS) is 15.1. The van der Waals surface area contributed by atoms with Gasteiger partial charge in [-0.25, -0.2) is 13.1 Å². The fourth-order valence-electron chi connectivity index (χ4n) is 1.82. The molecule has 0 saturated carbocycles. The zero-order valence-corrected chi connectivity index (χ0v) is 10.7. The molecular formula is C12H17NO3S. The van der Waals surface area contributed by atoms with Gasteiger partial charge in [0, 0.05) is 6.54 Å². The predicted octanol–water partition coefficient (Wildman–Crippen LogP) is 1.70. The molecule has 0 aromatic heterocycles. The van der Waals surface area contributed by atoms with Crippen molar-refractivity contribution in [2.75, 3.05) is 13.2 Å². The minimum Gasteiger partial charge on any atom is -0.493 e. The van der Waals surface area contributed by atoms with E-state index in [0.29, 0.717) is 18.0 Å². The van der Waals surface area contributed by atoms with Gasteiger partial charge in [0.1, 0.15) is 5.75 Å². The number of benzene rings is 1. The highest BCUT2D eigenvalue weighted by Gasteiger charge is 2.17. The van der Waals surface area contributed by atoms with E-state index in [9.17, 15) is 8.42 Å². The summed E-state index contributed by atoms with van der Waals surface area (Å²) in [6.07, 6.45) is 2.61. The van der Waals surface area contributed by atoms with Crippen LogP contribution in [0.25, 0.3) is 0 Å². The van der Waals surface area contributed by atoms with Gasteiger partial charge in [-0.1, -0.05) is 6.92 Å². The topological polar surface area (TPSA) is 55.4 Å². The summed E-state index contributed by atoms with van der Waals surface area (Å²) in [7, 11) is -3.36. The SMILES string of the molecule is CCCNS(=O)(=O)c1ccc2c(c1)CCCO2. The molecule has 1 aliphatic heterocycles. The second kappa shape index (κ2) is 5.06.